The van der Waals surface area contributed by atoms with Crippen LogP contribution in [0.1, 0.15) is 23.0 Å². The van der Waals surface area contributed by atoms with E-state index in [1.807, 2.05) is 0 Å². The quantitative estimate of drug-likeness (QED) is 0.267. The van der Waals surface area contributed by atoms with Crippen LogP contribution in [-0.4, -0.2) is 17.6 Å². The summed E-state index contributed by atoms with van der Waals surface area (Å²) >= 11 is 0. The number of rotatable bonds is 6. The molecule has 2 aromatic carbocycles. The third-order valence-electron chi connectivity index (χ3n) is 4.55. The van der Waals surface area contributed by atoms with Crippen molar-refractivity contribution in [3.8, 4) is 23.0 Å². The molecular weight excluding hydrogens is 455 g/mol. The fraction of sp³-hybridized carbons (Fsp3) is 0.125. The van der Waals surface area contributed by atoms with Gasteiger partial charge in [-0.1, -0.05) is 12.1 Å². The molecule has 0 atom stereocenters. The monoisotopic (exact) mass is 471 g/mol. The third kappa shape index (κ3) is 4.70. The molecule has 0 amide bonds. The number of esters is 1. The summed E-state index contributed by atoms with van der Waals surface area (Å²) in [6.45, 7) is 1.93. The summed E-state index contributed by atoms with van der Waals surface area (Å²) in [6.07, 6.45) is -2.31. The average Bonchev–Trinajstić information content (AvgIpc) is 2.82. The Morgan fingerprint density at radius 2 is 1.82 bits per heavy atom. The van der Waals surface area contributed by atoms with Crippen LogP contribution >= 0.6 is 0 Å². The number of carbonyl (C=O) groups excluding carboxylic acids is 1. The average molecular weight is 471 g/mol. The summed E-state index contributed by atoms with van der Waals surface area (Å²) in [5.41, 5.74) is -1.35. The molecule has 0 N–H and O–H groups in total. The van der Waals surface area contributed by atoms with Crippen molar-refractivity contribution in [1.82, 2.24) is 4.98 Å². The van der Waals surface area contributed by atoms with Crippen molar-refractivity contribution in [1.29, 1.82) is 0 Å². The standard InChI is InChI=1S/C24H16F3NO6/c1-2-31-17-7-3-4-8-18(17)33-21-20(29)16-10-9-15(12-19(16)34-22(21)24(25,26)27)32-23(30)14-6-5-11-28-13-14/h3-13H,2H2,1H3. The number of ether oxygens (including phenoxy) is 3. The minimum absolute atomic E-state index is 0.0801. The topological polar surface area (TPSA) is 87.9 Å². The number of hydrogen-bond acceptors (Lipinski definition) is 7. The first-order chi connectivity index (χ1) is 16.3. The zero-order chi connectivity index (χ0) is 24.3. The van der Waals surface area contributed by atoms with Crippen LogP contribution in [-0.2, 0) is 6.18 Å². The Morgan fingerprint density at radius 3 is 2.50 bits per heavy atom. The van der Waals surface area contributed by atoms with Gasteiger partial charge in [0, 0.05) is 18.5 Å². The maximum atomic E-state index is 13.8. The molecule has 0 radical (unpaired) electrons. The predicted octanol–water partition coefficient (Wildman–Crippen LogP) is 5.62. The van der Waals surface area contributed by atoms with Crippen molar-refractivity contribution < 1.29 is 36.6 Å². The Balaban J connectivity index is 1.77. The highest BCUT2D eigenvalue weighted by Crippen LogP contribution is 2.40. The molecule has 0 fully saturated rings. The fourth-order valence-electron chi connectivity index (χ4n) is 3.07. The molecular formula is C24H16F3NO6. The molecule has 0 saturated heterocycles. The summed E-state index contributed by atoms with van der Waals surface area (Å²) in [7, 11) is 0. The van der Waals surface area contributed by atoms with E-state index in [1.165, 1.54) is 54.9 Å². The first-order valence-electron chi connectivity index (χ1n) is 9.98. The second kappa shape index (κ2) is 9.26. The van der Waals surface area contributed by atoms with Gasteiger partial charge in [0.1, 0.15) is 11.3 Å². The van der Waals surface area contributed by atoms with Crippen LogP contribution in [0, 0.1) is 0 Å². The molecule has 0 aliphatic carbocycles. The molecule has 0 bridgehead atoms. The molecule has 7 nitrogen and oxygen atoms in total. The Bertz CT molecular complexity index is 1400. The number of fused-ring (bicyclic) bond motifs is 1. The van der Waals surface area contributed by atoms with Crippen molar-refractivity contribution in [2.75, 3.05) is 6.61 Å². The highest BCUT2D eigenvalue weighted by molar-refractivity contribution is 5.91. The van der Waals surface area contributed by atoms with Gasteiger partial charge in [0.15, 0.2) is 11.5 Å². The van der Waals surface area contributed by atoms with Crippen molar-refractivity contribution in [2.24, 2.45) is 0 Å². The highest BCUT2D eigenvalue weighted by atomic mass is 19.4. The number of nitrogens with zero attached hydrogens (tertiary/aromatic N) is 1. The molecule has 0 aliphatic rings. The van der Waals surface area contributed by atoms with Gasteiger partial charge in [-0.2, -0.15) is 13.2 Å². The molecule has 2 aromatic heterocycles. The number of carbonyl (C=O) groups is 1. The number of pyridine rings is 1. The van der Waals surface area contributed by atoms with Crippen LogP contribution in [0.5, 0.6) is 23.0 Å². The normalized spacial score (nSPS) is 11.3. The van der Waals surface area contributed by atoms with Crippen LogP contribution in [0.25, 0.3) is 11.0 Å². The van der Waals surface area contributed by atoms with E-state index < -0.39 is 34.7 Å². The van der Waals surface area contributed by atoms with Gasteiger partial charge in [0.05, 0.1) is 17.6 Å². The second-order valence-electron chi connectivity index (χ2n) is 6.86. The molecule has 0 aliphatic heterocycles. The van der Waals surface area contributed by atoms with Crippen molar-refractivity contribution >= 4 is 16.9 Å². The summed E-state index contributed by atoms with van der Waals surface area (Å²) in [4.78, 5) is 29.0. The summed E-state index contributed by atoms with van der Waals surface area (Å²) in [6, 6.07) is 12.5. The lowest BCUT2D eigenvalue weighted by Crippen LogP contribution is -2.16. The van der Waals surface area contributed by atoms with E-state index in [9.17, 15) is 22.8 Å². The predicted molar refractivity (Wildman–Crippen MR) is 114 cm³/mol. The molecule has 0 saturated carbocycles. The summed E-state index contributed by atoms with van der Waals surface area (Å²) < 4.78 is 62.4. The molecule has 0 unspecified atom stereocenters. The van der Waals surface area contributed by atoms with Gasteiger partial charge in [-0.05, 0) is 43.3 Å². The molecule has 0 spiro atoms. The molecule has 174 valence electrons. The van der Waals surface area contributed by atoms with Crippen molar-refractivity contribution in [3.05, 3.63) is 88.5 Å². The van der Waals surface area contributed by atoms with E-state index in [0.29, 0.717) is 0 Å². The number of para-hydroxylation sites is 2. The van der Waals surface area contributed by atoms with E-state index in [2.05, 4.69) is 4.98 Å². The van der Waals surface area contributed by atoms with Crippen LogP contribution in [0.4, 0.5) is 13.2 Å². The highest BCUT2D eigenvalue weighted by Gasteiger charge is 2.40. The molecule has 34 heavy (non-hydrogen) atoms. The number of benzene rings is 2. The van der Waals surface area contributed by atoms with Crippen molar-refractivity contribution in [2.45, 2.75) is 13.1 Å². The van der Waals surface area contributed by atoms with E-state index in [1.54, 1.807) is 13.0 Å². The fourth-order valence-corrected chi connectivity index (χ4v) is 3.07. The van der Waals surface area contributed by atoms with Crippen molar-refractivity contribution in [3.63, 3.8) is 0 Å². The molecule has 4 rings (SSSR count). The minimum Gasteiger partial charge on any atom is -0.490 e. The lowest BCUT2D eigenvalue weighted by Gasteiger charge is -2.15. The zero-order valence-corrected chi connectivity index (χ0v) is 17.6. The molecule has 2 heterocycles. The SMILES string of the molecule is CCOc1ccccc1Oc1c(C(F)(F)F)oc2cc(OC(=O)c3cccnc3)ccc2c1=O. The van der Waals surface area contributed by atoms with Gasteiger partial charge in [-0.3, -0.25) is 9.78 Å². The maximum Gasteiger partial charge on any atom is 0.453 e. The number of hydrogen-bond donors (Lipinski definition) is 0. The van der Waals surface area contributed by atoms with Gasteiger partial charge in [0.2, 0.25) is 11.2 Å². The van der Waals surface area contributed by atoms with Crippen LogP contribution in [0.2, 0.25) is 0 Å². The summed E-state index contributed by atoms with van der Waals surface area (Å²) in [5.74, 6) is -3.48. The minimum atomic E-state index is -5.05. The van der Waals surface area contributed by atoms with E-state index in [4.69, 9.17) is 18.6 Å². The number of alkyl halides is 3. The van der Waals surface area contributed by atoms with Gasteiger partial charge in [0.25, 0.3) is 5.76 Å². The number of halogens is 3. The lowest BCUT2D eigenvalue weighted by atomic mass is 10.2. The zero-order valence-electron chi connectivity index (χ0n) is 17.6. The smallest absolute Gasteiger partial charge is 0.453 e. The van der Waals surface area contributed by atoms with Crippen LogP contribution in [0.3, 0.4) is 0 Å². The Kier molecular flexibility index (Phi) is 6.22. The van der Waals surface area contributed by atoms with E-state index in [-0.39, 0.29) is 34.8 Å². The second-order valence-corrected chi connectivity index (χ2v) is 6.86. The molecule has 10 heteroatoms. The van der Waals surface area contributed by atoms with E-state index >= 15 is 0 Å². The van der Waals surface area contributed by atoms with Crippen LogP contribution in [0.15, 0.2) is 76.2 Å². The number of aromatic nitrogens is 1. The van der Waals surface area contributed by atoms with Gasteiger partial charge in [-0.15, -0.1) is 0 Å². The maximum absolute atomic E-state index is 13.8. The van der Waals surface area contributed by atoms with Gasteiger partial charge >= 0.3 is 12.1 Å². The summed E-state index contributed by atoms with van der Waals surface area (Å²) in [5, 5.41) is -0.196. The first-order valence-corrected chi connectivity index (χ1v) is 9.98. The first kappa shape index (κ1) is 22.8. The lowest BCUT2D eigenvalue weighted by molar-refractivity contribution is -0.154. The van der Waals surface area contributed by atoms with Gasteiger partial charge in [-0.25, -0.2) is 4.79 Å². The Labute approximate surface area is 190 Å². The van der Waals surface area contributed by atoms with Gasteiger partial charge < -0.3 is 18.6 Å². The Morgan fingerprint density at radius 1 is 1.06 bits per heavy atom. The third-order valence-corrected chi connectivity index (χ3v) is 4.55. The molecule has 4 aromatic rings. The van der Waals surface area contributed by atoms with E-state index in [0.717, 1.165) is 6.07 Å². The Hall–Kier alpha value is -4.34. The largest absolute Gasteiger partial charge is 0.490 e. The van der Waals surface area contributed by atoms with Crippen LogP contribution < -0.4 is 19.6 Å².